The molecule has 3 unspecified atom stereocenters. The van der Waals surface area contributed by atoms with Crippen molar-refractivity contribution in [3.8, 4) is 0 Å². The van der Waals surface area contributed by atoms with Crippen molar-refractivity contribution in [2.45, 2.75) is 49.9 Å². The van der Waals surface area contributed by atoms with Gasteiger partial charge in [0.1, 0.15) is 0 Å². The predicted octanol–water partition coefficient (Wildman–Crippen LogP) is -1.72. The summed E-state index contributed by atoms with van der Waals surface area (Å²) in [6.07, 6.45) is 2.31. The first-order valence-electron chi connectivity index (χ1n) is 6.16. The van der Waals surface area contributed by atoms with Crippen molar-refractivity contribution in [2.75, 3.05) is 13.7 Å². The second-order valence-electron chi connectivity index (χ2n) is 4.60. The Balaban J connectivity index is 1.91. The van der Waals surface area contributed by atoms with Crippen molar-refractivity contribution in [1.82, 2.24) is 7.06 Å². The van der Waals surface area contributed by atoms with Crippen LogP contribution in [0.4, 0.5) is 0 Å². The maximum atomic E-state index is 6.20. The Morgan fingerprint density at radius 2 is 2.19 bits per heavy atom. The summed E-state index contributed by atoms with van der Waals surface area (Å²) in [5.74, 6) is 0.464. The normalized spacial score (nSPS) is 50.5. The molecule has 2 bridgehead atoms. The van der Waals surface area contributed by atoms with E-state index in [2.05, 4.69) is 27.8 Å². The molecule has 3 aliphatic heterocycles. The zero-order chi connectivity index (χ0) is 11.8. The van der Waals surface area contributed by atoms with E-state index in [1.165, 1.54) is 6.42 Å². The second-order valence-corrected chi connectivity index (χ2v) is 11.9. The number of fused-ring (bicyclic) bond motifs is 2. The van der Waals surface area contributed by atoms with Crippen LogP contribution in [0.15, 0.2) is 0 Å². The van der Waals surface area contributed by atoms with E-state index in [1.807, 2.05) is 7.05 Å². The van der Waals surface area contributed by atoms with E-state index in [0.29, 0.717) is 15.9 Å². The number of halogens is 1. The van der Waals surface area contributed by atoms with Gasteiger partial charge in [0, 0.05) is 0 Å². The molecule has 0 aromatic carbocycles. The van der Waals surface area contributed by atoms with E-state index in [1.54, 1.807) is 0 Å². The van der Waals surface area contributed by atoms with Crippen molar-refractivity contribution in [3.63, 3.8) is 0 Å². The third-order valence-corrected chi connectivity index (χ3v) is 11.6. The first kappa shape index (κ1) is 13.0. The van der Waals surface area contributed by atoms with E-state index in [9.17, 15) is 0 Å². The van der Waals surface area contributed by atoms with Crippen LogP contribution in [0.3, 0.4) is 0 Å². The van der Waals surface area contributed by atoms with Gasteiger partial charge in [-0.1, -0.05) is 0 Å². The molecule has 0 saturated carbocycles. The fourth-order valence-electron chi connectivity index (χ4n) is 2.31. The van der Waals surface area contributed by atoms with Crippen molar-refractivity contribution < 1.29 is 27.2 Å². The van der Waals surface area contributed by atoms with Crippen LogP contribution in [0.2, 0.25) is 0 Å². The van der Waals surface area contributed by atoms with Crippen molar-refractivity contribution in [2.24, 2.45) is 5.92 Å². The Hall–Kier alpha value is 0.570. The number of hydrogen-bond acceptors (Lipinski definition) is 4. The van der Waals surface area contributed by atoms with Crippen LogP contribution in [-0.2, 0) is 7.80 Å². The Labute approximate surface area is 104 Å². The first-order valence-corrected chi connectivity index (χ1v) is 10.4. The molecule has 4 nitrogen and oxygen atoms in total. The molecule has 0 spiro atoms. The molecule has 98 valence electrons. The molecular weight excluding hydrogens is 319 g/mol. The number of rotatable bonds is 5. The van der Waals surface area contributed by atoms with Crippen molar-refractivity contribution in [1.29, 1.82) is 0 Å². The third kappa shape index (κ3) is 2.01. The van der Waals surface area contributed by atoms with Gasteiger partial charge in [0.15, 0.2) is 0 Å². The second kappa shape index (κ2) is 5.06. The van der Waals surface area contributed by atoms with Crippen LogP contribution >= 0.6 is 0 Å². The third-order valence-electron chi connectivity index (χ3n) is 3.55. The van der Waals surface area contributed by atoms with Crippen LogP contribution < -0.4 is 26.5 Å². The minimum atomic E-state index is -2.31. The van der Waals surface area contributed by atoms with Gasteiger partial charge in [-0.25, -0.2) is 0 Å². The van der Waals surface area contributed by atoms with Gasteiger partial charge in [0.05, 0.1) is 0 Å². The van der Waals surface area contributed by atoms with E-state index in [-0.39, 0.29) is 6.29 Å². The molecule has 3 aliphatic rings. The van der Waals surface area contributed by atoms with Crippen LogP contribution in [0.1, 0.15) is 33.6 Å². The SMILES string of the molecule is CCCCO[C@H]1O[I-]2(NC)NC(C1C)[C@H]2C. The summed E-state index contributed by atoms with van der Waals surface area (Å²) in [7, 11) is 2.01. The molecule has 5 heteroatoms. The first-order chi connectivity index (χ1) is 7.64. The summed E-state index contributed by atoms with van der Waals surface area (Å²) in [6, 6.07) is 0.587. The van der Waals surface area contributed by atoms with E-state index in [4.69, 9.17) is 7.80 Å². The summed E-state index contributed by atoms with van der Waals surface area (Å²) in [5, 5.41) is 0. The zero-order valence-corrected chi connectivity index (χ0v) is 12.8. The van der Waals surface area contributed by atoms with Crippen LogP contribution in [0, 0.1) is 5.92 Å². The molecule has 0 aromatic rings. The van der Waals surface area contributed by atoms with Gasteiger partial charge in [-0.2, -0.15) is 0 Å². The van der Waals surface area contributed by atoms with Gasteiger partial charge < -0.3 is 0 Å². The standard InChI is InChI=1S/C11H24IN2O2/c1-5-6-7-15-11-8(2)10-9(3)12(13-4,14-10)16-11/h8-11,13-14H,5-7H2,1-4H3/q-1/t8?,9-,10?,11+/m1/s1. The predicted molar refractivity (Wildman–Crippen MR) is 60.3 cm³/mol. The van der Waals surface area contributed by atoms with Gasteiger partial charge in [-0.05, 0) is 0 Å². The Bertz CT molecular complexity index is 254. The summed E-state index contributed by atoms with van der Waals surface area (Å²) in [6.45, 7) is 7.53. The topological polar surface area (TPSA) is 42.5 Å². The molecule has 0 aromatic heterocycles. The summed E-state index contributed by atoms with van der Waals surface area (Å²) < 4.78 is 19.8. The Kier molecular flexibility index (Phi) is 4.11. The monoisotopic (exact) mass is 343 g/mol. The van der Waals surface area contributed by atoms with Gasteiger partial charge in [-0.3, -0.25) is 0 Å². The molecule has 3 saturated heterocycles. The van der Waals surface area contributed by atoms with Crippen LogP contribution in [-0.4, -0.2) is 29.9 Å². The number of hydrogen-bond donors (Lipinski definition) is 2. The summed E-state index contributed by atoms with van der Waals surface area (Å²) in [4.78, 5) is 0. The minimum absolute atomic E-state index is 0.0119. The van der Waals surface area contributed by atoms with Gasteiger partial charge in [0.25, 0.3) is 0 Å². The van der Waals surface area contributed by atoms with E-state index in [0.717, 1.165) is 13.0 Å². The summed E-state index contributed by atoms with van der Waals surface area (Å²) in [5.41, 5.74) is 0. The fraction of sp³-hybridized carbons (Fsp3) is 1.00. The molecule has 3 fully saturated rings. The average Bonchev–Trinajstić information content (AvgIpc) is 2.30. The molecular formula is C11H24IN2O2-. The number of alkyl halides is 1. The molecule has 3 rings (SSSR count). The number of ether oxygens (including phenoxy) is 1. The maximum absolute atomic E-state index is 6.20. The van der Waals surface area contributed by atoms with Gasteiger partial charge >= 0.3 is 104 Å². The molecule has 2 N–H and O–H groups in total. The van der Waals surface area contributed by atoms with Gasteiger partial charge in [0.2, 0.25) is 0 Å². The van der Waals surface area contributed by atoms with Crippen LogP contribution in [0.5, 0.6) is 0 Å². The van der Waals surface area contributed by atoms with Crippen molar-refractivity contribution >= 4 is 0 Å². The molecule has 0 aliphatic carbocycles. The van der Waals surface area contributed by atoms with E-state index >= 15 is 0 Å². The molecule has 16 heavy (non-hydrogen) atoms. The fourth-order valence-corrected chi connectivity index (χ4v) is 9.94. The Morgan fingerprint density at radius 3 is 2.75 bits per heavy atom. The molecule has 0 radical (unpaired) electrons. The average molecular weight is 343 g/mol. The van der Waals surface area contributed by atoms with Gasteiger partial charge in [-0.15, -0.1) is 0 Å². The zero-order valence-electron chi connectivity index (χ0n) is 10.6. The molecule has 3 heterocycles. The Morgan fingerprint density at radius 1 is 1.44 bits per heavy atom. The van der Waals surface area contributed by atoms with Crippen molar-refractivity contribution in [3.05, 3.63) is 0 Å². The van der Waals surface area contributed by atoms with Crippen LogP contribution in [0.25, 0.3) is 0 Å². The van der Waals surface area contributed by atoms with E-state index < -0.39 is 19.4 Å². The molecule has 0 amide bonds. The molecule has 5 atom stereocenters. The number of nitrogens with one attached hydrogen (secondary N) is 2. The summed E-state index contributed by atoms with van der Waals surface area (Å²) >= 11 is -2.31. The number of unbranched alkanes of at least 4 members (excludes halogenated alkanes) is 1. The quantitative estimate of drug-likeness (QED) is 0.270.